The molecule has 19 heavy (non-hydrogen) atoms. The second-order valence-corrected chi connectivity index (χ2v) is 3.44. The highest BCUT2D eigenvalue weighted by Gasteiger charge is 2.38. The van der Waals surface area contributed by atoms with E-state index in [-0.39, 0.29) is 11.2 Å². The Morgan fingerprint density at radius 2 is 1.47 bits per heavy atom. The number of alkyl halides is 5. The van der Waals surface area contributed by atoms with E-state index in [0.29, 0.717) is 5.56 Å². The molecule has 0 spiro atoms. The van der Waals surface area contributed by atoms with Gasteiger partial charge in [-0.1, -0.05) is 18.2 Å². The number of carbonyl (C=O) groups is 2. The van der Waals surface area contributed by atoms with Crippen molar-refractivity contribution in [2.75, 3.05) is 5.34 Å². The lowest BCUT2D eigenvalue weighted by Crippen LogP contribution is -2.21. The molecular weight excluding hydrogens is 310 g/mol. The van der Waals surface area contributed by atoms with E-state index in [1.807, 2.05) is 6.07 Å². The van der Waals surface area contributed by atoms with Crippen molar-refractivity contribution < 1.29 is 27.9 Å². The molecule has 0 atom stereocenters. The first kappa shape index (κ1) is 19.9. The monoisotopic (exact) mass is 319 g/mol. The highest BCUT2D eigenvalue weighted by atomic mass is 35.5. The van der Waals surface area contributed by atoms with Crippen LogP contribution in [-0.4, -0.2) is 28.5 Å². The minimum atomic E-state index is -5.08. The van der Waals surface area contributed by atoms with Gasteiger partial charge >= 0.3 is 12.1 Å². The Kier molecular flexibility index (Phi) is 10.9. The van der Waals surface area contributed by atoms with Crippen molar-refractivity contribution >= 4 is 35.1 Å². The van der Waals surface area contributed by atoms with Crippen LogP contribution in [0, 0.1) is 0 Å². The van der Waals surface area contributed by atoms with Crippen LogP contribution in [0.1, 0.15) is 10.4 Å². The lowest BCUT2D eigenvalue weighted by Gasteiger charge is -1.93. The predicted molar refractivity (Wildman–Crippen MR) is 65.2 cm³/mol. The molecule has 1 rings (SSSR count). The highest BCUT2D eigenvalue weighted by molar-refractivity contribution is 6.40. The average Bonchev–Trinajstić information content (AvgIpc) is 2.30. The summed E-state index contributed by atoms with van der Waals surface area (Å²) in [7, 11) is 0. The summed E-state index contributed by atoms with van der Waals surface area (Å²) in [6.07, 6.45) is -5.08. The normalized spacial score (nSPS) is 9.32. The zero-order chi connectivity index (χ0) is 15.5. The first-order valence-corrected chi connectivity index (χ1v) is 5.50. The summed E-state index contributed by atoms with van der Waals surface area (Å²) in [6, 6.07) is 8.76. The SMILES string of the molecule is ClCCl.NC(=O)c1ccccc1.O=C(O)C(F)(F)F. The summed E-state index contributed by atoms with van der Waals surface area (Å²) in [4.78, 5) is 19.3. The number of amides is 1. The number of hydrogen-bond donors (Lipinski definition) is 2. The Bertz CT molecular complexity index is 385. The molecule has 0 radical (unpaired) electrons. The molecule has 0 aliphatic carbocycles. The van der Waals surface area contributed by atoms with Crippen LogP contribution in [0.2, 0.25) is 0 Å². The van der Waals surface area contributed by atoms with Gasteiger partial charge in [0.2, 0.25) is 5.91 Å². The number of nitrogens with two attached hydrogens (primary N) is 1. The molecule has 3 N–H and O–H groups in total. The number of carbonyl (C=O) groups excluding carboxylic acids is 1. The molecule has 9 heteroatoms. The number of hydrogen-bond acceptors (Lipinski definition) is 2. The van der Waals surface area contributed by atoms with Crippen LogP contribution in [0.4, 0.5) is 13.2 Å². The van der Waals surface area contributed by atoms with Crippen LogP contribution in [0.3, 0.4) is 0 Å². The zero-order valence-electron chi connectivity index (χ0n) is 9.32. The average molecular weight is 320 g/mol. The molecule has 0 unspecified atom stereocenters. The van der Waals surface area contributed by atoms with Crippen LogP contribution < -0.4 is 5.73 Å². The van der Waals surface area contributed by atoms with Gasteiger partial charge in [-0.05, 0) is 12.1 Å². The second kappa shape index (κ2) is 10.5. The lowest BCUT2D eigenvalue weighted by molar-refractivity contribution is -0.192. The molecule has 1 aromatic rings. The van der Waals surface area contributed by atoms with Gasteiger partial charge in [0, 0.05) is 5.56 Å². The topological polar surface area (TPSA) is 80.4 Å². The van der Waals surface area contributed by atoms with Crippen LogP contribution >= 0.6 is 23.2 Å². The summed E-state index contributed by atoms with van der Waals surface area (Å²) in [6.45, 7) is 0. The summed E-state index contributed by atoms with van der Waals surface area (Å²) in [5.41, 5.74) is 5.53. The van der Waals surface area contributed by atoms with Crippen molar-refractivity contribution in [2.45, 2.75) is 6.18 Å². The molecule has 0 bridgehead atoms. The van der Waals surface area contributed by atoms with Gasteiger partial charge in [0.05, 0.1) is 5.34 Å². The van der Waals surface area contributed by atoms with Crippen molar-refractivity contribution in [2.24, 2.45) is 5.73 Å². The molecule has 0 aromatic heterocycles. The molecular formula is C10H10Cl2F3NO3. The number of carboxylic acids is 1. The fraction of sp³-hybridized carbons (Fsp3) is 0.200. The molecule has 0 fully saturated rings. The van der Waals surface area contributed by atoms with E-state index in [9.17, 15) is 18.0 Å². The fourth-order valence-corrected chi connectivity index (χ4v) is 0.602. The number of halogens is 5. The Morgan fingerprint density at radius 1 is 1.16 bits per heavy atom. The number of carboxylic acid groups (broad SMARTS) is 1. The lowest BCUT2D eigenvalue weighted by atomic mass is 10.2. The van der Waals surface area contributed by atoms with Gasteiger partial charge in [0.25, 0.3) is 0 Å². The summed E-state index contributed by atoms with van der Waals surface area (Å²) in [5, 5.41) is 7.32. The van der Waals surface area contributed by atoms with E-state index in [1.54, 1.807) is 24.3 Å². The summed E-state index contributed by atoms with van der Waals surface area (Å²) < 4.78 is 31.7. The molecule has 0 aliphatic heterocycles. The van der Waals surface area contributed by atoms with E-state index in [2.05, 4.69) is 0 Å². The van der Waals surface area contributed by atoms with Gasteiger partial charge in [-0.2, -0.15) is 13.2 Å². The van der Waals surface area contributed by atoms with Gasteiger partial charge in [-0.3, -0.25) is 4.79 Å². The van der Waals surface area contributed by atoms with Crippen LogP contribution in [0.25, 0.3) is 0 Å². The maximum Gasteiger partial charge on any atom is 0.490 e. The minimum Gasteiger partial charge on any atom is -0.475 e. The maximum absolute atomic E-state index is 10.6. The van der Waals surface area contributed by atoms with Gasteiger partial charge in [0.1, 0.15) is 0 Å². The van der Waals surface area contributed by atoms with E-state index in [0.717, 1.165) is 0 Å². The van der Waals surface area contributed by atoms with Crippen LogP contribution in [0.15, 0.2) is 30.3 Å². The number of benzene rings is 1. The molecule has 1 aromatic carbocycles. The largest absolute Gasteiger partial charge is 0.490 e. The van der Waals surface area contributed by atoms with E-state index in [1.165, 1.54) is 0 Å². The Balaban J connectivity index is 0. The smallest absolute Gasteiger partial charge is 0.475 e. The molecule has 4 nitrogen and oxygen atoms in total. The second-order valence-electron chi connectivity index (χ2n) is 2.63. The molecule has 1 amide bonds. The van der Waals surface area contributed by atoms with Gasteiger partial charge < -0.3 is 10.8 Å². The Hall–Kier alpha value is -1.47. The molecule has 0 aliphatic rings. The third kappa shape index (κ3) is 12.8. The van der Waals surface area contributed by atoms with E-state index >= 15 is 0 Å². The summed E-state index contributed by atoms with van der Waals surface area (Å²) in [5.74, 6) is -3.14. The molecule has 108 valence electrons. The van der Waals surface area contributed by atoms with E-state index < -0.39 is 12.1 Å². The van der Waals surface area contributed by atoms with Crippen molar-refractivity contribution in [3.63, 3.8) is 0 Å². The van der Waals surface area contributed by atoms with Gasteiger partial charge in [0.15, 0.2) is 0 Å². The van der Waals surface area contributed by atoms with Crippen molar-refractivity contribution in [1.29, 1.82) is 0 Å². The highest BCUT2D eigenvalue weighted by Crippen LogP contribution is 2.13. The third-order valence-corrected chi connectivity index (χ3v) is 1.30. The Morgan fingerprint density at radius 3 is 1.63 bits per heavy atom. The number of primary amides is 1. The van der Waals surface area contributed by atoms with Crippen molar-refractivity contribution in [3.05, 3.63) is 35.9 Å². The standard InChI is InChI=1S/C7H7NO.C2HF3O2.CH2Cl2/c8-7(9)6-4-2-1-3-5-6;3-2(4,5)1(6)7;2-1-3/h1-5H,(H2,8,9);(H,6,7);1H2. The molecule has 0 saturated heterocycles. The molecule has 0 saturated carbocycles. The summed E-state index contributed by atoms with van der Waals surface area (Å²) >= 11 is 9.53. The number of aliphatic carboxylic acids is 1. The van der Waals surface area contributed by atoms with E-state index in [4.69, 9.17) is 38.8 Å². The maximum atomic E-state index is 10.6. The number of rotatable bonds is 1. The van der Waals surface area contributed by atoms with Crippen molar-refractivity contribution in [1.82, 2.24) is 0 Å². The Labute approximate surface area is 116 Å². The zero-order valence-corrected chi connectivity index (χ0v) is 10.8. The van der Waals surface area contributed by atoms with Gasteiger partial charge in [-0.15, -0.1) is 23.2 Å². The minimum absolute atomic E-state index is 0.194. The quantitative estimate of drug-likeness (QED) is 0.781. The van der Waals surface area contributed by atoms with Crippen molar-refractivity contribution in [3.8, 4) is 0 Å². The third-order valence-electron chi connectivity index (χ3n) is 1.30. The predicted octanol–water partition coefficient (Wildman–Crippen LogP) is 2.84. The van der Waals surface area contributed by atoms with Crippen LogP contribution in [0.5, 0.6) is 0 Å². The first-order chi connectivity index (χ1) is 8.66. The fourth-order valence-electron chi connectivity index (χ4n) is 0.602. The molecule has 0 heterocycles. The van der Waals surface area contributed by atoms with Gasteiger partial charge in [-0.25, -0.2) is 4.79 Å². The van der Waals surface area contributed by atoms with Crippen LogP contribution in [-0.2, 0) is 4.79 Å². The first-order valence-electron chi connectivity index (χ1n) is 4.43.